The van der Waals surface area contributed by atoms with Gasteiger partial charge in [0.25, 0.3) is 0 Å². The van der Waals surface area contributed by atoms with E-state index >= 15 is 0 Å². The molecule has 1 aromatic rings. The molecule has 0 spiro atoms. The third kappa shape index (κ3) is 4.06. The van der Waals surface area contributed by atoms with Crippen molar-refractivity contribution < 1.29 is 14.3 Å². The molecule has 1 aliphatic carbocycles. The highest BCUT2D eigenvalue weighted by Gasteiger charge is 2.49. The van der Waals surface area contributed by atoms with Gasteiger partial charge in [0.15, 0.2) is 0 Å². The maximum Gasteiger partial charge on any atom is 0.226 e. The van der Waals surface area contributed by atoms with E-state index in [9.17, 15) is 9.59 Å². The van der Waals surface area contributed by atoms with Gasteiger partial charge in [0.1, 0.15) is 5.75 Å². The van der Waals surface area contributed by atoms with E-state index in [4.69, 9.17) is 4.74 Å². The van der Waals surface area contributed by atoms with Crippen LogP contribution in [0.25, 0.3) is 0 Å². The number of carbonyl (C=O) groups excluding carboxylic acids is 2. The molecule has 2 unspecified atom stereocenters. The van der Waals surface area contributed by atoms with Gasteiger partial charge in [-0.05, 0) is 37.1 Å². The summed E-state index contributed by atoms with van der Waals surface area (Å²) in [5.41, 5.74) is 1.15. The fourth-order valence-corrected chi connectivity index (χ4v) is 3.35. The Balaban J connectivity index is 1.47. The average Bonchev–Trinajstić information content (AvgIpc) is 3.46. The van der Waals surface area contributed by atoms with Crippen molar-refractivity contribution >= 4 is 17.5 Å². The minimum atomic E-state index is -0.112. The zero-order valence-electron chi connectivity index (χ0n) is 15.0. The van der Waals surface area contributed by atoms with Crippen LogP contribution in [0.5, 0.6) is 5.75 Å². The molecule has 1 aromatic carbocycles. The summed E-state index contributed by atoms with van der Waals surface area (Å²) in [4.78, 5) is 28.7. The fraction of sp³-hybridized carbons (Fsp3) is 0.579. The number of anilines is 1. The number of benzene rings is 1. The molecule has 0 aromatic heterocycles. The first-order valence-corrected chi connectivity index (χ1v) is 9.09. The number of carbonyl (C=O) groups is 2. The lowest BCUT2D eigenvalue weighted by atomic mass is 10.2. The Morgan fingerprint density at radius 1 is 1.12 bits per heavy atom. The summed E-state index contributed by atoms with van der Waals surface area (Å²) in [5.74, 6) is 0.810. The van der Waals surface area contributed by atoms with E-state index in [-0.39, 0.29) is 23.7 Å². The number of hydrogen-bond acceptors (Lipinski definition) is 4. The van der Waals surface area contributed by atoms with Crippen LogP contribution < -0.4 is 15.0 Å². The number of rotatable bonds is 6. The van der Waals surface area contributed by atoms with Crippen molar-refractivity contribution in [2.24, 2.45) is 11.8 Å². The average molecular weight is 345 g/mol. The molecule has 6 nitrogen and oxygen atoms in total. The maximum atomic E-state index is 12.6. The van der Waals surface area contributed by atoms with Crippen molar-refractivity contribution in [3.63, 3.8) is 0 Å². The van der Waals surface area contributed by atoms with Crippen molar-refractivity contribution in [2.45, 2.75) is 19.8 Å². The molecule has 25 heavy (non-hydrogen) atoms. The van der Waals surface area contributed by atoms with Gasteiger partial charge in [-0.2, -0.15) is 0 Å². The molecule has 2 fully saturated rings. The Hall–Kier alpha value is -2.24. The second-order valence-corrected chi connectivity index (χ2v) is 6.75. The second kappa shape index (κ2) is 7.76. The Labute approximate surface area is 149 Å². The zero-order chi connectivity index (χ0) is 17.8. The van der Waals surface area contributed by atoms with E-state index in [2.05, 4.69) is 10.2 Å². The second-order valence-electron chi connectivity index (χ2n) is 6.75. The first kappa shape index (κ1) is 17.6. The predicted octanol–water partition coefficient (Wildman–Crippen LogP) is 1.51. The lowest BCUT2D eigenvalue weighted by molar-refractivity contribution is -0.135. The van der Waals surface area contributed by atoms with Crippen LogP contribution in [0.4, 0.5) is 5.69 Å². The molecule has 1 aliphatic heterocycles. The van der Waals surface area contributed by atoms with E-state index in [1.54, 1.807) is 7.11 Å². The van der Waals surface area contributed by atoms with Gasteiger partial charge in [-0.3, -0.25) is 9.59 Å². The van der Waals surface area contributed by atoms with Crippen LogP contribution in [0.15, 0.2) is 24.3 Å². The van der Waals surface area contributed by atoms with Gasteiger partial charge in [0.2, 0.25) is 11.8 Å². The summed E-state index contributed by atoms with van der Waals surface area (Å²) in [6.07, 6.45) is 1.62. The first-order valence-electron chi connectivity index (χ1n) is 9.09. The molecule has 3 rings (SSSR count). The Kier molecular flexibility index (Phi) is 5.46. The Morgan fingerprint density at radius 3 is 2.40 bits per heavy atom. The van der Waals surface area contributed by atoms with Crippen molar-refractivity contribution in [3.05, 3.63) is 24.3 Å². The molecule has 6 heteroatoms. The summed E-state index contributed by atoms with van der Waals surface area (Å²) in [6, 6.07) is 8.00. The smallest absolute Gasteiger partial charge is 0.226 e. The maximum absolute atomic E-state index is 12.6. The number of piperazine rings is 1. The van der Waals surface area contributed by atoms with Crippen molar-refractivity contribution in [3.8, 4) is 5.75 Å². The topological polar surface area (TPSA) is 61.9 Å². The molecule has 0 radical (unpaired) electrons. The number of ether oxygens (including phenoxy) is 1. The van der Waals surface area contributed by atoms with Gasteiger partial charge in [0, 0.05) is 38.4 Å². The number of nitrogens with zero attached hydrogens (tertiary/aromatic N) is 2. The molecule has 2 atom stereocenters. The number of amides is 2. The number of hydrogen-bond donors (Lipinski definition) is 1. The van der Waals surface area contributed by atoms with Crippen LogP contribution in [-0.2, 0) is 9.59 Å². The van der Waals surface area contributed by atoms with E-state index in [1.807, 2.05) is 36.1 Å². The first-order chi connectivity index (χ1) is 12.1. The molecule has 2 amide bonds. The summed E-state index contributed by atoms with van der Waals surface area (Å²) < 4.78 is 5.19. The van der Waals surface area contributed by atoms with Gasteiger partial charge >= 0.3 is 0 Å². The summed E-state index contributed by atoms with van der Waals surface area (Å²) in [5, 5.41) is 2.89. The molecule has 1 saturated carbocycles. The van der Waals surface area contributed by atoms with Crippen molar-refractivity contribution in [1.82, 2.24) is 10.2 Å². The van der Waals surface area contributed by atoms with E-state index in [1.165, 1.54) is 0 Å². The van der Waals surface area contributed by atoms with E-state index in [0.29, 0.717) is 26.1 Å². The fourth-order valence-electron chi connectivity index (χ4n) is 3.35. The van der Waals surface area contributed by atoms with E-state index < -0.39 is 0 Å². The third-order valence-electron chi connectivity index (χ3n) is 5.02. The van der Waals surface area contributed by atoms with Crippen LogP contribution in [0.1, 0.15) is 19.8 Å². The Morgan fingerprint density at radius 2 is 1.80 bits per heavy atom. The van der Waals surface area contributed by atoms with Gasteiger partial charge < -0.3 is 19.9 Å². The van der Waals surface area contributed by atoms with Gasteiger partial charge in [0.05, 0.1) is 18.9 Å². The van der Waals surface area contributed by atoms with Gasteiger partial charge in [-0.25, -0.2) is 0 Å². The molecular formula is C19H27N3O3. The van der Waals surface area contributed by atoms with Crippen LogP contribution >= 0.6 is 0 Å². The van der Waals surface area contributed by atoms with Crippen LogP contribution in [0.2, 0.25) is 0 Å². The molecular weight excluding hydrogens is 318 g/mol. The largest absolute Gasteiger partial charge is 0.497 e. The molecule has 0 bridgehead atoms. The monoisotopic (exact) mass is 345 g/mol. The minimum absolute atomic E-state index is 0.0390. The van der Waals surface area contributed by atoms with Crippen LogP contribution in [0.3, 0.4) is 0 Å². The SMILES string of the molecule is CCCNC(=O)C1CC1C(=O)N1CCN(c2ccc(OC)cc2)CC1. The number of nitrogens with one attached hydrogen (secondary N) is 1. The molecule has 1 saturated heterocycles. The highest BCUT2D eigenvalue weighted by Crippen LogP contribution is 2.40. The lowest BCUT2D eigenvalue weighted by Crippen LogP contribution is -2.49. The zero-order valence-corrected chi connectivity index (χ0v) is 15.0. The lowest BCUT2D eigenvalue weighted by Gasteiger charge is -2.36. The van der Waals surface area contributed by atoms with Gasteiger partial charge in [-0.15, -0.1) is 0 Å². The standard InChI is InChI=1S/C19H27N3O3/c1-3-8-20-18(23)16-13-17(16)19(24)22-11-9-21(10-12-22)14-4-6-15(25-2)7-5-14/h4-7,16-17H,3,8-13H2,1-2H3,(H,20,23). The Bertz CT molecular complexity index is 609. The van der Waals surface area contributed by atoms with Crippen LogP contribution in [0, 0.1) is 11.8 Å². The highest BCUT2D eigenvalue weighted by atomic mass is 16.5. The summed E-state index contributed by atoms with van der Waals surface area (Å²) >= 11 is 0. The van der Waals surface area contributed by atoms with Crippen molar-refractivity contribution in [2.75, 3.05) is 44.7 Å². The molecule has 136 valence electrons. The normalized spacial score (nSPS) is 22.5. The third-order valence-corrected chi connectivity index (χ3v) is 5.02. The van der Waals surface area contributed by atoms with Crippen LogP contribution in [-0.4, -0.2) is 56.5 Å². The highest BCUT2D eigenvalue weighted by molar-refractivity contribution is 5.92. The molecule has 1 N–H and O–H groups in total. The molecule has 2 aliphatic rings. The van der Waals surface area contributed by atoms with Crippen molar-refractivity contribution in [1.29, 1.82) is 0 Å². The number of methoxy groups -OCH3 is 1. The summed E-state index contributed by atoms with van der Waals surface area (Å²) in [6.45, 7) is 5.78. The minimum Gasteiger partial charge on any atom is -0.497 e. The van der Waals surface area contributed by atoms with E-state index in [0.717, 1.165) is 30.9 Å². The summed E-state index contributed by atoms with van der Waals surface area (Å²) in [7, 11) is 1.66. The predicted molar refractivity (Wildman–Crippen MR) is 96.7 cm³/mol. The quantitative estimate of drug-likeness (QED) is 0.849. The molecule has 1 heterocycles. The van der Waals surface area contributed by atoms with Gasteiger partial charge in [-0.1, -0.05) is 6.92 Å².